The molecule has 1 heterocycles. The van der Waals surface area contributed by atoms with Gasteiger partial charge in [-0.2, -0.15) is 0 Å². The van der Waals surface area contributed by atoms with Crippen molar-refractivity contribution < 1.29 is 13.9 Å². The molecule has 0 aromatic carbocycles. The summed E-state index contributed by atoms with van der Waals surface area (Å²) >= 11 is 0. The number of methoxy groups -OCH3 is 1. The predicted octanol–water partition coefficient (Wildman–Crippen LogP) is 1.49. The van der Waals surface area contributed by atoms with Crippen LogP contribution in [0.4, 0.5) is 0 Å². The van der Waals surface area contributed by atoms with Crippen LogP contribution >= 0.6 is 0 Å². The molecule has 1 aliphatic carbocycles. The van der Waals surface area contributed by atoms with Crippen LogP contribution in [-0.4, -0.2) is 38.1 Å². The zero-order valence-corrected chi connectivity index (χ0v) is 9.68. The van der Waals surface area contributed by atoms with Gasteiger partial charge >= 0.3 is 0 Å². The van der Waals surface area contributed by atoms with E-state index in [0.717, 1.165) is 12.2 Å². The van der Waals surface area contributed by atoms with Crippen molar-refractivity contribution in [2.45, 2.75) is 12.3 Å². The molecule has 0 N–H and O–H groups in total. The Morgan fingerprint density at radius 3 is 3.12 bits per heavy atom. The van der Waals surface area contributed by atoms with Gasteiger partial charge in [-0.3, -0.25) is 4.79 Å². The molecule has 2 rings (SSSR count). The fourth-order valence-electron chi connectivity index (χ4n) is 1.91. The monoisotopic (exact) mass is 223 g/mol. The number of rotatable bonds is 5. The lowest BCUT2D eigenvalue weighted by Gasteiger charge is -2.16. The normalized spacial score (nSPS) is 23.1. The number of carbonyl (C=O) groups is 1. The number of nitrogens with zero attached hydrogens (tertiary/aromatic N) is 1. The standard InChI is InChI=1S/C12H17NO3/c1-13(5-7-15-2)12(14)10-8-9(10)11-4-3-6-16-11/h3-4,6,9-10H,5,7-8H2,1-2H3/t9-,10-/m0/s1. The van der Waals surface area contributed by atoms with Crippen LogP contribution in [0, 0.1) is 5.92 Å². The number of ether oxygens (including phenoxy) is 1. The molecule has 4 nitrogen and oxygen atoms in total. The van der Waals surface area contributed by atoms with Gasteiger partial charge in [0.2, 0.25) is 5.91 Å². The maximum Gasteiger partial charge on any atom is 0.226 e. The highest BCUT2D eigenvalue weighted by molar-refractivity contribution is 5.82. The highest BCUT2D eigenvalue weighted by Gasteiger charge is 2.46. The van der Waals surface area contributed by atoms with Gasteiger partial charge in [0.15, 0.2) is 0 Å². The van der Waals surface area contributed by atoms with Gasteiger partial charge in [-0.25, -0.2) is 0 Å². The summed E-state index contributed by atoms with van der Waals surface area (Å²) in [5.74, 6) is 1.51. The first-order valence-corrected chi connectivity index (χ1v) is 5.51. The number of amides is 1. The first-order valence-electron chi connectivity index (χ1n) is 5.51. The molecule has 88 valence electrons. The molecule has 1 fully saturated rings. The minimum absolute atomic E-state index is 0.105. The molecule has 0 unspecified atom stereocenters. The van der Waals surface area contributed by atoms with E-state index in [4.69, 9.17) is 9.15 Å². The summed E-state index contributed by atoms with van der Waals surface area (Å²) in [4.78, 5) is 13.7. The van der Waals surface area contributed by atoms with Crippen molar-refractivity contribution in [1.82, 2.24) is 4.90 Å². The summed E-state index contributed by atoms with van der Waals surface area (Å²) in [5, 5.41) is 0. The quantitative estimate of drug-likeness (QED) is 0.759. The Kier molecular flexibility index (Phi) is 3.29. The largest absolute Gasteiger partial charge is 0.469 e. The molecule has 0 aliphatic heterocycles. The van der Waals surface area contributed by atoms with Crippen LogP contribution in [0.3, 0.4) is 0 Å². The van der Waals surface area contributed by atoms with E-state index in [1.165, 1.54) is 0 Å². The van der Waals surface area contributed by atoms with Gasteiger partial charge in [0.1, 0.15) is 5.76 Å². The lowest BCUT2D eigenvalue weighted by molar-refractivity contribution is -0.131. The van der Waals surface area contributed by atoms with Crippen molar-refractivity contribution in [3.63, 3.8) is 0 Å². The van der Waals surface area contributed by atoms with E-state index in [-0.39, 0.29) is 17.7 Å². The summed E-state index contributed by atoms with van der Waals surface area (Å²) in [7, 11) is 3.46. The molecule has 1 aromatic heterocycles. The third kappa shape index (κ3) is 2.27. The molecule has 1 saturated carbocycles. The maximum absolute atomic E-state index is 11.9. The lowest BCUT2D eigenvalue weighted by atomic mass is 10.2. The molecule has 0 saturated heterocycles. The van der Waals surface area contributed by atoms with E-state index in [9.17, 15) is 4.79 Å². The molecule has 16 heavy (non-hydrogen) atoms. The maximum atomic E-state index is 11.9. The van der Waals surface area contributed by atoms with Gasteiger partial charge in [0, 0.05) is 32.5 Å². The second-order valence-corrected chi connectivity index (χ2v) is 4.22. The van der Waals surface area contributed by atoms with E-state index in [2.05, 4.69) is 0 Å². The van der Waals surface area contributed by atoms with Crippen LogP contribution in [0.15, 0.2) is 22.8 Å². The number of hydrogen-bond acceptors (Lipinski definition) is 3. The fraction of sp³-hybridized carbons (Fsp3) is 0.583. The first kappa shape index (κ1) is 11.2. The zero-order valence-electron chi connectivity index (χ0n) is 9.68. The molecule has 0 bridgehead atoms. The Morgan fingerprint density at radius 2 is 2.50 bits per heavy atom. The van der Waals surface area contributed by atoms with Crippen molar-refractivity contribution >= 4 is 5.91 Å². The predicted molar refractivity (Wildman–Crippen MR) is 59.1 cm³/mol. The molecule has 0 radical (unpaired) electrons. The SMILES string of the molecule is COCCN(C)C(=O)[C@H]1C[C@@H]1c1ccco1. The molecular formula is C12H17NO3. The average molecular weight is 223 g/mol. The molecule has 1 aliphatic rings. The average Bonchev–Trinajstić information content (AvgIpc) is 2.91. The van der Waals surface area contributed by atoms with Crippen LogP contribution in [0.1, 0.15) is 18.1 Å². The summed E-state index contributed by atoms with van der Waals surface area (Å²) in [6.07, 6.45) is 2.56. The smallest absolute Gasteiger partial charge is 0.226 e. The second kappa shape index (κ2) is 4.70. The summed E-state index contributed by atoms with van der Waals surface area (Å²) in [6.45, 7) is 1.23. The van der Waals surface area contributed by atoms with Crippen molar-refractivity contribution in [2.24, 2.45) is 5.92 Å². The van der Waals surface area contributed by atoms with Gasteiger partial charge in [-0.1, -0.05) is 0 Å². The Hall–Kier alpha value is -1.29. The van der Waals surface area contributed by atoms with Gasteiger partial charge in [-0.15, -0.1) is 0 Å². The Morgan fingerprint density at radius 1 is 1.69 bits per heavy atom. The van der Waals surface area contributed by atoms with Gasteiger partial charge in [0.05, 0.1) is 12.9 Å². The number of likely N-dealkylation sites (N-methyl/N-ethyl adjacent to an activating group) is 1. The van der Waals surface area contributed by atoms with Crippen LogP contribution in [0.2, 0.25) is 0 Å². The summed E-state index contributed by atoms with van der Waals surface area (Å²) in [5.41, 5.74) is 0. The van der Waals surface area contributed by atoms with Crippen LogP contribution in [-0.2, 0) is 9.53 Å². The molecule has 0 spiro atoms. The van der Waals surface area contributed by atoms with Gasteiger partial charge in [0.25, 0.3) is 0 Å². The van der Waals surface area contributed by atoms with E-state index in [1.54, 1.807) is 18.3 Å². The summed E-state index contributed by atoms with van der Waals surface area (Å²) < 4.78 is 10.3. The number of furan rings is 1. The van der Waals surface area contributed by atoms with Crippen molar-refractivity contribution in [1.29, 1.82) is 0 Å². The zero-order chi connectivity index (χ0) is 11.5. The van der Waals surface area contributed by atoms with E-state index in [0.29, 0.717) is 13.2 Å². The Balaban J connectivity index is 1.84. The van der Waals surface area contributed by atoms with Crippen molar-refractivity contribution in [3.8, 4) is 0 Å². The minimum Gasteiger partial charge on any atom is -0.469 e. The molecule has 2 atom stereocenters. The fourth-order valence-corrected chi connectivity index (χ4v) is 1.91. The number of carbonyl (C=O) groups excluding carboxylic acids is 1. The third-order valence-corrected chi connectivity index (χ3v) is 3.02. The van der Waals surface area contributed by atoms with E-state index < -0.39 is 0 Å². The summed E-state index contributed by atoms with van der Waals surface area (Å²) in [6, 6.07) is 3.80. The van der Waals surface area contributed by atoms with Crippen LogP contribution < -0.4 is 0 Å². The topological polar surface area (TPSA) is 42.7 Å². The second-order valence-electron chi connectivity index (χ2n) is 4.22. The lowest BCUT2D eigenvalue weighted by Crippen LogP contribution is -2.31. The molecule has 1 amide bonds. The Bertz CT molecular complexity index is 347. The van der Waals surface area contributed by atoms with Gasteiger partial charge in [-0.05, 0) is 18.6 Å². The molecular weight excluding hydrogens is 206 g/mol. The minimum atomic E-state index is 0.105. The highest BCUT2D eigenvalue weighted by atomic mass is 16.5. The van der Waals surface area contributed by atoms with Gasteiger partial charge < -0.3 is 14.1 Å². The molecule has 4 heteroatoms. The number of hydrogen-bond donors (Lipinski definition) is 0. The Labute approximate surface area is 95.2 Å². The highest BCUT2D eigenvalue weighted by Crippen LogP contribution is 2.48. The first-order chi connectivity index (χ1) is 7.74. The van der Waals surface area contributed by atoms with E-state index in [1.807, 2.05) is 19.2 Å². The van der Waals surface area contributed by atoms with Crippen molar-refractivity contribution in [3.05, 3.63) is 24.2 Å². The van der Waals surface area contributed by atoms with Crippen LogP contribution in [0.5, 0.6) is 0 Å². The third-order valence-electron chi connectivity index (χ3n) is 3.02. The molecule has 1 aromatic rings. The van der Waals surface area contributed by atoms with Crippen molar-refractivity contribution in [2.75, 3.05) is 27.3 Å². The van der Waals surface area contributed by atoms with E-state index >= 15 is 0 Å². The van der Waals surface area contributed by atoms with Crippen LogP contribution in [0.25, 0.3) is 0 Å².